The number of hydrogen-bond donors (Lipinski definition) is 1. The quantitative estimate of drug-likeness (QED) is 0.788. The van der Waals surface area contributed by atoms with Crippen LogP contribution in [0, 0.1) is 0 Å². The molecule has 4 heteroatoms. The number of hydrogen-bond acceptors (Lipinski definition) is 3. The molecule has 20 heavy (non-hydrogen) atoms. The highest BCUT2D eigenvalue weighted by molar-refractivity contribution is 6.31. The first kappa shape index (κ1) is 13.2. The van der Waals surface area contributed by atoms with Crippen molar-refractivity contribution in [2.45, 2.75) is 12.5 Å². The number of aromatic nitrogens is 1. The summed E-state index contributed by atoms with van der Waals surface area (Å²) in [6.45, 7) is 0. The van der Waals surface area contributed by atoms with Crippen molar-refractivity contribution in [1.82, 2.24) is 10.3 Å². The van der Waals surface area contributed by atoms with Gasteiger partial charge in [0.1, 0.15) is 11.3 Å². The van der Waals surface area contributed by atoms with E-state index < -0.39 is 0 Å². The minimum Gasteiger partial charge on any atom is -0.459 e. The summed E-state index contributed by atoms with van der Waals surface area (Å²) in [4.78, 5) is 4.01. The summed E-state index contributed by atoms with van der Waals surface area (Å²) in [5.74, 6) is 0.918. The van der Waals surface area contributed by atoms with Gasteiger partial charge in [-0.3, -0.25) is 4.98 Å². The van der Waals surface area contributed by atoms with Crippen molar-refractivity contribution >= 4 is 22.6 Å². The monoisotopic (exact) mass is 286 g/mol. The molecule has 0 bridgehead atoms. The Hall–Kier alpha value is -1.84. The minimum atomic E-state index is 0.0855. The van der Waals surface area contributed by atoms with Gasteiger partial charge in [-0.25, -0.2) is 0 Å². The van der Waals surface area contributed by atoms with Crippen LogP contribution in [0.15, 0.2) is 53.2 Å². The van der Waals surface area contributed by atoms with Crippen molar-refractivity contribution < 1.29 is 4.42 Å². The molecule has 2 aromatic heterocycles. The van der Waals surface area contributed by atoms with Crippen LogP contribution < -0.4 is 5.32 Å². The van der Waals surface area contributed by atoms with Gasteiger partial charge < -0.3 is 9.73 Å². The standard InChI is InChI=1S/C16H15ClN2O/c1-18-14(8-11-6-7-19-10-13(11)17)16-9-12-4-2-3-5-15(12)20-16/h2-7,9-10,14,18H,8H2,1H3. The van der Waals surface area contributed by atoms with Crippen LogP contribution in [-0.4, -0.2) is 12.0 Å². The molecule has 1 aromatic carbocycles. The third-order valence-electron chi connectivity index (χ3n) is 3.42. The minimum absolute atomic E-state index is 0.0855. The molecule has 3 aromatic rings. The van der Waals surface area contributed by atoms with Crippen molar-refractivity contribution in [3.05, 3.63) is 65.1 Å². The van der Waals surface area contributed by atoms with E-state index in [1.165, 1.54) is 0 Å². The van der Waals surface area contributed by atoms with Gasteiger partial charge in [0.15, 0.2) is 0 Å². The van der Waals surface area contributed by atoms with Gasteiger partial charge >= 0.3 is 0 Å². The van der Waals surface area contributed by atoms with Crippen LogP contribution in [0.3, 0.4) is 0 Å². The topological polar surface area (TPSA) is 38.1 Å². The smallest absolute Gasteiger partial charge is 0.134 e. The Kier molecular flexibility index (Phi) is 3.72. The number of benzene rings is 1. The molecule has 0 spiro atoms. The summed E-state index contributed by atoms with van der Waals surface area (Å²) in [6, 6.07) is 12.1. The lowest BCUT2D eigenvalue weighted by Crippen LogP contribution is -2.18. The van der Waals surface area contributed by atoms with Gasteiger partial charge in [-0.05, 0) is 37.2 Å². The second-order valence-electron chi connectivity index (χ2n) is 4.70. The normalized spacial score (nSPS) is 12.7. The molecule has 1 unspecified atom stereocenters. The lowest BCUT2D eigenvalue weighted by molar-refractivity contribution is 0.451. The van der Waals surface area contributed by atoms with Crippen molar-refractivity contribution in [3.63, 3.8) is 0 Å². The van der Waals surface area contributed by atoms with Crippen LogP contribution in [0.1, 0.15) is 17.4 Å². The predicted molar refractivity (Wildman–Crippen MR) is 81.0 cm³/mol. The van der Waals surface area contributed by atoms with E-state index in [1.54, 1.807) is 12.4 Å². The molecule has 2 heterocycles. The molecule has 0 aliphatic carbocycles. The van der Waals surface area contributed by atoms with Gasteiger partial charge in [0.05, 0.1) is 11.1 Å². The summed E-state index contributed by atoms with van der Waals surface area (Å²) in [5.41, 5.74) is 1.96. The highest BCUT2D eigenvalue weighted by Gasteiger charge is 2.16. The van der Waals surface area contributed by atoms with E-state index in [2.05, 4.69) is 22.4 Å². The fraction of sp³-hybridized carbons (Fsp3) is 0.188. The van der Waals surface area contributed by atoms with Crippen molar-refractivity contribution in [3.8, 4) is 0 Å². The molecule has 1 N–H and O–H groups in total. The Morgan fingerprint density at radius 3 is 2.90 bits per heavy atom. The van der Waals surface area contributed by atoms with Crippen molar-refractivity contribution in [1.29, 1.82) is 0 Å². The maximum atomic E-state index is 6.17. The van der Waals surface area contributed by atoms with Gasteiger partial charge in [-0.1, -0.05) is 29.8 Å². The highest BCUT2D eigenvalue weighted by Crippen LogP contribution is 2.27. The van der Waals surface area contributed by atoms with E-state index in [-0.39, 0.29) is 6.04 Å². The second kappa shape index (κ2) is 5.65. The van der Waals surface area contributed by atoms with Crippen LogP contribution in [0.2, 0.25) is 5.02 Å². The molecule has 102 valence electrons. The first-order chi connectivity index (χ1) is 9.78. The number of nitrogens with one attached hydrogen (secondary N) is 1. The molecule has 3 nitrogen and oxygen atoms in total. The molecule has 0 amide bonds. The van der Waals surface area contributed by atoms with Gasteiger partial charge in [-0.15, -0.1) is 0 Å². The average molecular weight is 287 g/mol. The Balaban J connectivity index is 1.91. The van der Waals surface area contributed by atoms with E-state index in [4.69, 9.17) is 16.0 Å². The fourth-order valence-corrected chi connectivity index (χ4v) is 2.50. The number of pyridine rings is 1. The van der Waals surface area contributed by atoms with E-state index in [0.29, 0.717) is 5.02 Å². The molecule has 0 aliphatic heterocycles. The maximum absolute atomic E-state index is 6.17. The number of halogens is 1. The van der Waals surface area contributed by atoms with Crippen LogP contribution >= 0.6 is 11.6 Å². The first-order valence-corrected chi connectivity index (χ1v) is 6.90. The molecule has 0 fully saturated rings. The number of para-hydroxylation sites is 1. The van der Waals surface area contributed by atoms with Crippen molar-refractivity contribution in [2.75, 3.05) is 7.05 Å². The molecule has 1 atom stereocenters. The molecular weight excluding hydrogens is 272 g/mol. The zero-order valence-corrected chi connectivity index (χ0v) is 11.9. The number of furan rings is 1. The largest absolute Gasteiger partial charge is 0.459 e. The third-order valence-corrected chi connectivity index (χ3v) is 3.76. The highest BCUT2D eigenvalue weighted by atomic mass is 35.5. The number of likely N-dealkylation sites (N-methyl/N-ethyl adjacent to an activating group) is 1. The van der Waals surface area contributed by atoms with E-state index >= 15 is 0 Å². The van der Waals surface area contributed by atoms with E-state index in [1.807, 2.05) is 31.3 Å². The Labute approximate surface area is 122 Å². The summed E-state index contributed by atoms with van der Waals surface area (Å²) < 4.78 is 5.91. The van der Waals surface area contributed by atoms with Crippen molar-refractivity contribution in [2.24, 2.45) is 0 Å². The zero-order valence-electron chi connectivity index (χ0n) is 11.1. The van der Waals surface area contributed by atoms with E-state index in [0.717, 1.165) is 28.7 Å². The summed E-state index contributed by atoms with van der Waals surface area (Å²) in [6.07, 6.45) is 4.19. The summed E-state index contributed by atoms with van der Waals surface area (Å²) >= 11 is 6.17. The van der Waals surface area contributed by atoms with Crippen LogP contribution in [0.25, 0.3) is 11.0 Å². The van der Waals surface area contributed by atoms with Gasteiger partial charge in [0.25, 0.3) is 0 Å². The van der Waals surface area contributed by atoms with Crippen LogP contribution in [0.4, 0.5) is 0 Å². The Bertz CT molecular complexity index is 690. The van der Waals surface area contributed by atoms with E-state index in [9.17, 15) is 0 Å². The lowest BCUT2D eigenvalue weighted by atomic mass is 10.0. The molecule has 0 saturated carbocycles. The first-order valence-electron chi connectivity index (χ1n) is 6.52. The number of rotatable bonds is 4. The molecular formula is C16H15ClN2O. The molecule has 3 rings (SSSR count). The van der Waals surface area contributed by atoms with Gasteiger partial charge in [0, 0.05) is 17.8 Å². The number of nitrogens with zero attached hydrogens (tertiary/aromatic N) is 1. The Morgan fingerprint density at radius 1 is 1.30 bits per heavy atom. The van der Waals surface area contributed by atoms with Gasteiger partial charge in [-0.2, -0.15) is 0 Å². The zero-order chi connectivity index (χ0) is 13.9. The van der Waals surface area contributed by atoms with Crippen LogP contribution in [0.5, 0.6) is 0 Å². The predicted octanol–water partition coefficient (Wildman–Crippen LogP) is 3.98. The van der Waals surface area contributed by atoms with Crippen LogP contribution in [-0.2, 0) is 6.42 Å². The Morgan fingerprint density at radius 2 is 2.15 bits per heavy atom. The summed E-state index contributed by atoms with van der Waals surface area (Å²) in [5, 5.41) is 5.08. The fourth-order valence-electron chi connectivity index (χ4n) is 2.31. The SMILES string of the molecule is CNC(Cc1ccncc1Cl)c1cc2ccccc2o1. The number of fused-ring (bicyclic) bond motifs is 1. The maximum Gasteiger partial charge on any atom is 0.134 e. The lowest BCUT2D eigenvalue weighted by Gasteiger charge is -2.14. The molecule has 0 saturated heterocycles. The third kappa shape index (κ3) is 2.55. The molecule has 0 radical (unpaired) electrons. The molecule has 0 aliphatic rings. The second-order valence-corrected chi connectivity index (χ2v) is 5.11. The average Bonchev–Trinajstić information content (AvgIpc) is 2.90. The summed E-state index contributed by atoms with van der Waals surface area (Å²) in [7, 11) is 1.92. The van der Waals surface area contributed by atoms with Gasteiger partial charge in [0.2, 0.25) is 0 Å².